The van der Waals surface area contributed by atoms with E-state index in [4.69, 9.17) is 0 Å². The van der Waals surface area contributed by atoms with Crippen molar-refractivity contribution < 1.29 is 17.9 Å². The molecule has 1 rings (SSSR count). The van der Waals surface area contributed by atoms with Gasteiger partial charge in [-0.05, 0) is 13.8 Å². The predicted molar refractivity (Wildman–Crippen MR) is 76.5 cm³/mol. The highest BCUT2D eigenvalue weighted by atomic mass is 32.2. The smallest absolute Gasteiger partial charge is 0.306 e. The number of rotatable bonds is 6. The molecule has 8 heteroatoms. The van der Waals surface area contributed by atoms with Gasteiger partial charge in [0.1, 0.15) is 0 Å². The lowest BCUT2D eigenvalue weighted by Crippen LogP contribution is -2.53. The van der Waals surface area contributed by atoms with Crippen LogP contribution in [-0.4, -0.2) is 80.8 Å². The van der Waals surface area contributed by atoms with Gasteiger partial charge in [0.15, 0.2) is 0 Å². The Kier molecular flexibility index (Phi) is 6.38. The molecule has 0 atom stereocenters. The molecular formula is C12H25N3O4S. The largest absolute Gasteiger partial charge is 0.469 e. The zero-order valence-electron chi connectivity index (χ0n) is 12.7. The lowest BCUT2D eigenvalue weighted by Gasteiger charge is -2.37. The highest BCUT2D eigenvalue weighted by molar-refractivity contribution is 7.86. The molecule has 0 saturated carbocycles. The Labute approximate surface area is 121 Å². The van der Waals surface area contributed by atoms with Crippen LogP contribution in [0, 0.1) is 0 Å². The highest BCUT2D eigenvalue weighted by Crippen LogP contribution is 2.13. The van der Waals surface area contributed by atoms with Gasteiger partial charge in [-0.3, -0.25) is 9.69 Å². The molecule has 1 aliphatic rings. The van der Waals surface area contributed by atoms with Gasteiger partial charge in [0.2, 0.25) is 0 Å². The summed E-state index contributed by atoms with van der Waals surface area (Å²) in [6, 6.07) is 0.428. The van der Waals surface area contributed by atoms with Crippen LogP contribution in [0.1, 0.15) is 20.3 Å². The molecule has 0 radical (unpaired) electrons. The Balaban J connectivity index is 2.54. The van der Waals surface area contributed by atoms with Crippen molar-refractivity contribution in [3.05, 3.63) is 0 Å². The van der Waals surface area contributed by atoms with Crippen LogP contribution in [0.5, 0.6) is 0 Å². The maximum atomic E-state index is 12.3. The molecule has 1 heterocycles. The summed E-state index contributed by atoms with van der Waals surface area (Å²) in [6.45, 7) is 6.80. The van der Waals surface area contributed by atoms with E-state index in [2.05, 4.69) is 23.5 Å². The molecule has 0 aliphatic carbocycles. The second kappa shape index (κ2) is 7.35. The molecule has 118 valence electrons. The minimum Gasteiger partial charge on any atom is -0.469 e. The lowest BCUT2D eigenvalue weighted by atomic mass is 10.3. The normalized spacial score (nSPS) is 18.7. The predicted octanol–water partition coefficient (Wildman–Crippen LogP) is -0.248. The summed E-state index contributed by atoms with van der Waals surface area (Å²) in [4.78, 5) is 13.3. The van der Waals surface area contributed by atoms with Crippen molar-refractivity contribution >= 4 is 16.2 Å². The Morgan fingerprint density at radius 3 is 2.25 bits per heavy atom. The van der Waals surface area contributed by atoms with E-state index in [0.29, 0.717) is 19.1 Å². The molecule has 0 N–H and O–H groups in total. The number of hydrogen-bond donors (Lipinski definition) is 0. The van der Waals surface area contributed by atoms with Crippen molar-refractivity contribution in [1.29, 1.82) is 0 Å². The van der Waals surface area contributed by atoms with Crippen molar-refractivity contribution in [3.63, 3.8) is 0 Å². The fraction of sp³-hybridized carbons (Fsp3) is 0.917. The third kappa shape index (κ3) is 4.41. The quantitative estimate of drug-likeness (QED) is 0.633. The van der Waals surface area contributed by atoms with Crippen LogP contribution in [0.25, 0.3) is 0 Å². The Hall–Kier alpha value is -0.700. The van der Waals surface area contributed by atoms with Crippen molar-refractivity contribution in [3.8, 4) is 0 Å². The third-order valence-corrected chi connectivity index (χ3v) is 5.57. The molecule has 0 spiro atoms. The minimum absolute atomic E-state index is 0.0676. The van der Waals surface area contributed by atoms with Gasteiger partial charge in [-0.2, -0.15) is 17.0 Å². The van der Waals surface area contributed by atoms with Crippen LogP contribution >= 0.6 is 0 Å². The van der Waals surface area contributed by atoms with E-state index in [1.54, 1.807) is 0 Å². The van der Waals surface area contributed by atoms with Crippen molar-refractivity contribution in [2.45, 2.75) is 26.3 Å². The Morgan fingerprint density at radius 1 is 1.25 bits per heavy atom. The van der Waals surface area contributed by atoms with Gasteiger partial charge in [0.25, 0.3) is 10.2 Å². The molecule has 0 aromatic rings. The topological polar surface area (TPSA) is 70.2 Å². The fourth-order valence-electron chi connectivity index (χ4n) is 2.11. The molecule has 1 fully saturated rings. The van der Waals surface area contributed by atoms with Gasteiger partial charge in [0.05, 0.1) is 13.5 Å². The molecule has 0 unspecified atom stereocenters. The molecule has 1 aliphatic heterocycles. The maximum Gasteiger partial charge on any atom is 0.306 e. The van der Waals surface area contributed by atoms with E-state index < -0.39 is 16.2 Å². The summed E-state index contributed by atoms with van der Waals surface area (Å²) in [6.07, 6.45) is 0.0676. The second-order valence-corrected chi connectivity index (χ2v) is 7.22. The van der Waals surface area contributed by atoms with E-state index >= 15 is 0 Å². The number of piperazine rings is 1. The first-order valence-electron chi connectivity index (χ1n) is 6.81. The third-order valence-electron chi connectivity index (χ3n) is 3.58. The molecule has 0 bridgehead atoms. The summed E-state index contributed by atoms with van der Waals surface area (Å²) >= 11 is 0. The summed E-state index contributed by atoms with van der Waals surface area (Å²) in [5.41, 5.74) is 0. The zero-order valence-corrected chi connectivity index (χ0v) is 13.5. The molecule has 20 heavy (non-hydrogen) atoms. The number of nitrogens with zero attached hydrogens (tertiary/aromatic N) is 3. The summed E-state index contributed by atoms with van der Waals surface area (Å²) in [7, 11) is -0.696. The summed E-state index contributed by atoms with van der Waals surface area (Å²) in [5.74, 6) is -0.406. The Bertz CT molecular complexity index is 416. The summed E-state index contributed by atoms with van der Waals surface area (Å²) in [5, 5.41) is 0. The first-order valence-corrected chi connectivity index (χ1v) is 8.21. The molecule has 7 nitrogen and oxygen atoms in total. The van der Waals surface area contributed by atoms with Gasteiger partial charge in [-0.25, -0.2) is 0 Å². The van der Waals surface area contributed by atoms with E-state index in [0.717, 1.165) is 13.1 Å². The molecular weight excluding hydrogens is 282 g/mol. The number of ether oxygens (including phenoxy) is 1. The summed E-state index contributed by atoms with van der Waals surface area (Å²) < 4.78 is 31.9. The van der Waals surface area contributed by atoms with E-state index in [1.807, 2.05) is 0 Å². The standard InChI is InChI=1S/C12H25N3O4S/c1-11(2)14-7-9-15(10-8-14)20(17,18)13(3)6-5-12(16)19-4/h11H,5-10H2,1-4H3. The van der Waals surface area contributed by atoms with Gasteiger partial charge in [-0.15, -0.1) is 0 Å². The average molecular weight is 307 g/mol. The highest BCUT2D eigenvalue weighted by Gasteiger charge is 2.30. The number of carbonyl (C=O) groups excluding carboxylic acids is 1. The van der Waals surface area contributed by atoms with Crippen LogP contribution in [0.15, 0.2) is 0 Å². The van der Waals surface area contributed by atoms with Crippen molar-refractivity contribution in [2.75, 3.05) is 46.9 Å². The number of methoxy groups -OCH3 is 1. The molecule has 0 aromatic heterocycles. The SMILES string of the molecule is COC(=O)CCN(C)S(=O)(=O)N1CCN(C(C)C)CC1. The van der Waals surface area contributed by atoms with E-state index in [1.165, 1.54) is 22.8 Å². The van der Waals surface area contributed by atoms with E-state index in [-0.39, 0.29) is 13.0 Å². The molecule has 1 saturated heterocycles. The van der Waals surface area contributed by atoms with Crippen molar-refractivity contribution in [2.24, 2.45) is 0 Å². The van der Waals surface area contributed by atoms with Crippen LogP contribution in [0.2, 0.25) is 0 Å². The van der Waals surface area contributed by atoms with Crippen LogP contribution < -0.4 is 0 Å². The average Bonchev–Trinajstić information content (AvgIpc) is 2.44. The second-order valence-electron chi connectivity index (χ2n) is 5.18. The lowest BCUT2D eigenvalue weighted by molar-refractivity contribution is -0.140. The van der Waals surface area contributed by atoms with Crippen molar-refractivity contribution in [1.82, 2.24) is 13.5 Å². The fourth-order valence-corrected chi connectivity index (χ4v) is 3.45. The van der Waals surface area contributed by atoms with Crippen LogP contribution in [0.4, 0.5) is 0 Å². The van der Waals surface area contributed by atoms with Gasteiger partial charge in [0, 0.05) is 45.8 Å². The first kappa shape index (κ1) is 17.4. The number of esters is 1. The van der Waals surface area contributed by atoms with Crippen LogP contribution in [0.3, 0.4) is 0 Å². The van der Waals surface area contributed by atoms with E-state index in [9.17, 15) is 13.2 Å². The molecule has 0 amide bonds. The zero-order chi connectivity index (χ0) is 15.3. The van der Waals surface area contributed by atoms with Gasteiger partial charge < -0.3 is 4.74 Å². The maximum absolute atomic E-state index is 12.3. The minimum atomic E-state index is -3.48. The number of hydrogen-bond acceptors (Lipinski definition) is 5. The van der Waals surface area contributed by atoms with Crippen LogP contribution in [-0.2, 0) is 19.7 Å². The Morgan fingerprint density at radius 2 is 1.80 bits per heavy atom. The first-order chi connectivity index (χ1) is 9.28. The molecule has 0 aromatic carbocycles. The number of carbonyl (C=O) groups is 1. The van der Waals surface area contributed by atoms with Gasteiger partial charge in [-0.1, -0.05) is 0 Å². The monoisotopic (exact) mass is 307 g/mol. The van der Waals surface area contributed by atoms with Gasteiger partial charge >= 0.3 is 5.97 Å².